The van der Waals surface area contributed by atoms with Crippen LogP contribution in [0.5, 0.6) is 11.6 Å². The van der Waals surface area contributed by atoms with E-state index < -0.39 is 36.8 Å². The molecule has 4 rings (SSSR count). The predicted molar refractivity (Wildman–Crippen MR) is 130 cm³/mol. The topological polar surface area (TPSA) is 122 Å². The number of azo groups is 1. The highest BCUT2D eigenvalue weighted by Gasteiger charge is 2.46. The number of aliphatic hydroxyl groups excluding tert-OH is 1. The number of anilines is 1. The van der Waals surface area contributed by atoms with Crippen LogP contribution in [-0.4, -0.2) is 51.7 Å². The van der Waals surface area contributed by atoms with Gasteiger partial charge in [0, 0.05) is 11.1 Å². The molecule has 0 amide bonds. The molecule has 1 aliphatic rings. The van der Waals surface area contributed by atoms with Crippen molar-refractivity contribution in [3.63, 3.8) is 0 Å². The Hall–Kier alpha value is -3.30. The van der Waals surface area contributed by atoms with E-state index in [0.717, 1.165) is 12.1 Å². The molecule has 14 heteroatoms. The number of fused-ring (bicyclic) bond motifs is 1. The number of hydrogen-bond acceptors (Lipinski definition) is 8. The zero-order valence-electron chi connectivity index (χ0n) is 19.5. The summed E-state index contributed by atoms with van der Waals surface area (Å²) >= 11 is 5.18. The van der Waals surface area contributed by atoms with E-state index in [2.05, 4.69) is 20.3 Å². The first-order valence-electron chi connectivity index (χ1n) is 11.0. The van der Waals surface area contributed by atoms with Crippen molar-refractivity contribution in [1.82, 2.24) is 4.57 Å². The van der Waals surface area contributed by atoms with Gasteiger partial charge >= 0.3 is 6.36 Å². The van der Waals surface area contributed by atoms with Gasteiger partial charge in [-0.3, -0.25) is 0 Å². The monoisotopic (exact) mass is 540 g/mol. The normalized spacial score (nSPS) is 19.2. The Morgan fingerprint density at radius 3 is 2.62 bits per heavy atom. The maximum atomic E-state index is 12.8. The molecule has 0 saturated carbocycles. The molecular formula is C23H23F3N4O6S. The molecule has 1 saturated heterocycles. The van der Waals surface area contributed by atoms with Crippen molar-refractivity contribution in [2.75, 3.05) is 12.1 Å². The third kappa shape index (κ3) is 6.72. The lowest BCUT2D eigenvalue weighted by Crippen LogP contribution is -2.17. The number of nitrogens with one attached hydrogen (secondary N) is 1. The molecule has 2 heterocycles. The maximum absolute atomic E-state index is 12.8. The Morgan fingerprint density at radius 1 is 1.22 bits per heavy atom. The first-order valence-corrected chi connectivity index (χ1v) is 11.4. The fraction of sp³-hybridized carbons (Fsp3) is 0.348. The van der Waals surface area contributed by atoms with Gasteiger partial charge in [0.2, 0.25) is 11.0 Å². The number of ether oxygens (including phenoxy) is 4. The van der Waals surface area contributed by atoms with E-state index in [1.54, 1.807) is 31.2 Å². The number of nitrogens with zero attached hydrogens (tertiary/aromatic N) is 3. The lowest BCUT2D eigenvalue weighted by molar-refractivity contribution is -0.274. The summed E-state index contributed by atoms with van der Waals surface area (Å²) in [5, 5.41) is 31.1. The summed E-state index contributed by atoms with van der Waals surface area (Å²) in [5.74, 6) is -0.863. The van der Waals surface area contributed by atoms with Crippen LogP contribution in [0.1, 0.15) is 19.9 Å². The van der Waals surface area contributed by atoms with Crippen molar-refractivity contribution in [2.24, 2.45) is 10.2 Å². The van der Waals surface area contributed by atoms with Gasteiger partial charge in [-0.25, -0.2) is 0 Å². The minimum atomic E-state index is -4.91. The Bertz CT molecular complexity index is 1280. The third-order valence-electron chi connectivity index (χ3n) is 5.33. The highest BCUT2D eigenvalue weighted by Crippen LogP contribution is 2.46. The molecule has 2 aromatic carbocycles. The van der Waals surface area contributed by atoms with Crippen LogP contribution in [-0.2, 0) is 14.2 Å². The van der Waals surface area contributed by atoms with E-state index >= 15 is 0 Å². The van der Waals surface area contributed by atoms with Crippen molar-refractivity contribution in [3.05, 3.63) is 48.5 Å². The molecule has 1 fully saturated rings. The fourth-order valence-corrected chi connectivity index (χ4v) is 3.83. The molecule has 3 aromatic rings. The van der Waals surface area contributed by atoms with Gasteiger partial charge in [-0.05, 0) is 56.4 Å². The summed E-state index contributed by atoms with van der Waals surface area (Å²) in [6.07, 6.45) is -7.12. The number of rotatable bonds is 9. The number of epoxide rings is 1. The highest BCUT2D eigenvalue weighted by molar-refractivity contribution is 7.80. The quantitative estimate of drug-likeness (QED) is 0.144. The van der Waals surface area contributed by atoms with Gasteiger partial charge in [0.25, 0.3) is 0 Å². The first-order chi connectivity index (χ1) is 17.5. The second kappa shape index (κ2) is 11.0. The molecule has 0 bridgehead atoms. The molecule has 10 nitrogen and oxygen atoms in total. The van der Waals surface area contributed by atoms with Crippen LogP contribution in [0, 0.1) is 0 Å². The van der Waals surface area contributed by atoms with E-state index in [-0.39, 0.29) is 28.9 Å². The molecule has 4 unspecified atom stereocenters. The molecule has 198 valence electrons. The van der Waals surface area contributed by atoms with Crippen molar-refractivity contribution in [1.29, 1.82) is 0 Å². The Kier molecular flexibility index (Phi) is 7.94. The second-order valence-electron chi connectivity index (χ2n) is 8.03. The van der Waals surface area contributed by atoms with Crippen LogP contribution >= 0.6 is 12.2 Å². The van der Waals surface area contributed by atoms with E-state index in [1.165, 1.54) is 17.6 Å². The summed E-state index contributed by atoms with van der Waals surface area (Å²) in [6.45, 7) is 2.94. The number of thiocarbonyl (C=S) groups is 1. The Balaban J connectivity index is 1.63. The Labute approximate surface area is 214 Å². The number of aliphatic hydroxyl groups is 1. The first kappa shape index (κ1) is 26.8. The van der Waals surface area contributed by atoms with Crippen molar-refractivity contribution in [2.45, 2.75) is 44.9 Å². The molecule has 0 aliphatic carbocycles. The lowest BCUT2D eigenvalue weighted by atomic mass is 10.2. The van der Waals surface area contributed by atoms with E-state index in [0.29, 0.717) is 11.2 Å². The number of hydrogen-bond donors (Lipinski definition) is 3. The number of aromatic nitrogens is 1. The summed E-state index contributed by atoms with van der Waals surface area (Å²) in [6, 6.07) is 12.0. The largest absolute Gasteiger partial charge is 0.573 e. The molecule has 0 spiro atoms. The summed E-state index contributed by atoms with van der Waals surface area (Å²) < 4.78 is 59.8. The van der Waals surface area contributed by atoms with Gasteiger partial charge < -0.3 is 39.0 Å². The van der Waals surface area contributed by atoms with E-state index in [1.807, 2.05) is 6.07 Å². The van der Waals surface area contributed by atoms with Crippen molar-refractivity contribution < 1.29 is 42.3 Å². The smallest absolute Gasteiger partial charge is 0.493 e. The zero-order chi connectivity index (χ0) is 26.7. The average Bonchev–Trinajstić information content (AvgIpc) is 3.53. The van der Waals surface area contributed by atoms with Gasteiger partial charge in [-0.1, -0.05) is 18.2 Å². The minimum Gasteiger partial charge on any atom is -0.493 e. The van der Waals surface area contributed by atoms with Gasteiger partial charge in [-0.2, -0.15) is 0 Å². The SMILES string of the molecule is CC(O)OCOC1OC1C(C)n1c(O)c(N=NC(=S)Nc2ccccc2)c2cc(OC(F)(F)F)ccc21. The average molecular weight is 541 g/mol. The number of aromatic hydroxyl groups is 1. The molecule has 4 atom stereocenters. The van der Waals surface area contributed by atoms with Crippen LogP contribution in [0.4, 0.5) is 24.5 Å². The number of halogens is 3. The molecule has 1 aromatic heterocycles. The van der Waals surface area contributed by atoms with Crippen LogP contribution < -0.4 is 10.1 Å². The molecule has 0 radical (unpaired) electrons. The standard InChI is InChI=1S/C23H23F3N4O6S/c1-12(19-21(35-19)34-11-33-13(2)31)30-17-9-8-15(36-23(24,25)26)10-16(17)18(20(30)32)28-29-22(37)27-14-6-4-3-5-7-14/h3-10,12-13,19,21,31-32H,11H2,1-2H3,(H,27,37). The Morgan fingerprint density at radius 2 is 1.95 bits per heavy atom. The third-order valence-corrected chi connectivity index (χ3v) is 5.51. The zero-order valence-corrected chi connectivity index (χ0v) is 20.4. The van der Waals surface area contributed by atoms with Gasteiger partial charge in [0.1, 0.15) is 11.9 Å². The minimum absolute atomic E-state index is 0.0284. The van der Waals surface area contributed by atoms with Crippen LogP contribution in [0.25, 0.3) is 10.9 Å². The number of para-hydroxylation sites is 1. The molecule has 3 N–H and O–H groups in total. The van der Waals surface area contributed by atoms with Gasteiger partial charge in [0.05, 0.1) is 11.6 Å². The highest BCUT2D eigenvalue weighted by atomic mass is 32.1. The molecule has 1 aliphatic heterocycles. The number of benzene rings is 2. The summed E-state index contributed by atoms with van der Waals surface area (Å²) in [5.41, 5.74) is 0.899. The lowest BCUT2D eigenvalue weighted by Gasteiger charge is -2.14. The van der Waals surface area contributed by atoms with E-state index in [9.17, 15) is 18.3 Å². The van der Waals surface area contributed by atoms with Crippen LogP contribution in [0.2, 0.25) is 0 Å². The van der Waals surface area contributed by atoms with Crippen molar-refractivity contribution in [3.8, 4) is 11.6 Å². The second-order valence-corrected chi connectivity index (χ2v) is 8.41. The van der Waals surface area contributed by atoms with Crippen molar-refractivity contribution >= 4 is 39.6 Å². The molecular weight excluding hydrogens is 517 g/mol. The predicted octanol–water partition coefficient (Wildman–Crippen LogP) is 5.34. The molecule has 37 heavy (non-hydrogen) atoms. The van der Waals surface area contributed by atoms with Gasteiger partial charge in [0.15, 0.2) is 25.1 Å². The van der Waals surface area contributed by atoms with E-state index in [4.69, 9.17) is 31.5 Å². The summed E-state index contributed by atoms with van der Waals surface area (Å²) in [7, 11) is 0. The van der Waals surface area contributed by atoms with Crippen LogP contribution in [0.15, 0.2) is 58.8 Å². The summed E-state index contributed by atoms with van der Waals surface area (Å²) in [4.78, 5) is 0. The van der Waals surface area contributed by atoms with Crippen LogP contribution in [0.3, 0.4) is 0 Å². The fourth-order valence-electron chi connectivity index (χ4n) is 3.67. The maximum Gasteiger partial charge on any atom is 0.573 e. The van der Waals surface area contributed by atoms with Gasteiger partial charge in [-0.15, -0.1) is 23.4 Å². The number of alkyl halides is 3.